The van der Waals surface area contributed by atoms with E-state index in [0.717, 1.165) is 19.3 Å². The third-order valence-corrected chi connectivity index (χ3v) is 3.73. The average Bonchev–Trinajstić information content (AvgIpc) is 2.86. The predicted octanol–water partition coefficient (Wildman–Crippen LogP) is 2.13. The number of hydrogen-bond acceptors (Lipinski definition) is 2. The van der Waals surface area contributed by atoms with Crippen LogP contribution in [-0.2, 0) is 6.54 Å². The Morgan fingerprint density at radius 3 is 2.95 bits per heavy atom. The molecule has 0 bridgehead atoms. The van der Waals surface area contributed by atoms with E-state index in [1.165, 1.54) is 10.8 Å². The van der Waals surface area contributed by atoms with Gasteiger partial charge < -0.3 is 14.6 Å². The number of aliphatic hydroxyl groups excluding tert-OH is 1. The van der Waals surface area contributed by atoms with Crippen molar-refractivity contribution in [1.82, 2.24) is 9.47 Å². The van der Waals surface area contributed by atoms with Crippen molar-refractivity contribution in [3.05, 3.63) is 24.0 Å². The third kappa shape index (κ3) is 3.36. The molecule has 0 aliphatic carbocycles. The highest BCUT2D eigenvalue weighted by atomic mass is 19.3. The fourth-order valence-electron chi connectivity index (χ4n) is 2.78. The molecule has 112 valence electrons. The predicted molar refractivity (Wildman–Crippen MR) is 70.8 cm³/mol. The first-order chi connectivity index (χ1) is 9.63. The summed E-state index contributed by atoms with van der Waals surface area (Å²) in [6.07, 6.45) is 2.38. The Bertz CT molecular complexity index is 446. The highest BCUT2D eigenvalue weighted by Gasteiger charge is 2.28. The molecule has 2 heterocycles. The summed E-state index contributed by atoms with van der Waals surface area (Å²) in [5, 5.41) is 9.08. The van der Waals surface area contributed by atoms with Crippen molar-refractivity contribution in [2.24, 2.45) is 0 Å². The van der Waals surface area contributed by atoms with Crippen molar-refractivity contribution in [1.29, 1.82) is 0 Å². The Balaban J connectivity index is 2.14. The van der Waals surface area contributed by atoms with Crippen molar-refractivity contribution >= 4 is 5.91 Å². The minimum absolute atomic E-state index is 0.0103. The van der Waals surface area contributed by atoms with Crippen LogP contribution in [0.4, 0.5) is 8.78 Å². The van der Waals surface area contributed by atoms with Crippen LogP contribution in [-0.4, -0.2) is 46.1 Å². The molecule has 0 aromatic carbocycles. The van der Waals surface area contributed by atoms with Gasteiger partial charge in [0, 0.05) is 25.4 Å². The first-order valence-corrected chi connectivity index (χ1v) is 6.98. The van der Waals surface area contributed by atoms with E-state index in [4.69, 9.17) is 5.11 Å². The van der Waals surface area contributed by atoms with Crippen molar-refractivity contribution in [3.63, 3.8) is 0 Å². The lowest BCUT2D eigenvalue weighted by atomic mass is 9.99. The van der Waals surface area contributed by atoms with E-state index in [-0.39, 0.29) is 18.6 Å². The Labute approximate surface area is 117 Å². The number of rotatable bonds is 5. The van der Waals surface area contributed by atoms with Gasteiger partial charge >= 0.3 is 0 Å². The second-order valence-electron chi connectivity index (χ2n) is 5.10. The van der Waals surface area contributed by atoms with E-state index < -0.39 is 13.0 Å². The second-order valence-corrected chi connectivity index (χ2v) is 5.10. The van der Waals surface area contributed by atoms with Crippen LogP contribution in [0.1, 0.15) is 36.2 Å². The van der Waals surface area contributed by atoms with E-state index in [2.05, 4.69) is 0 Å². The van der Waals surface area contributed by atoms with E-state index in [1.54, 1.807) is 17.0 Å². The molecule has 1 aromatic rings. The van der Waals surface area contributed by atoms with Gasteiger partial charge in [0.1, 0.15) is 5.69 Å². The molecule has 6 heteroatoms. The van der Waals surface area contributed by atoms with Gasteiger partial charge in [-0.25, -0.2) is 8.78 Å². The van der Waals surface area contributed by atoms with Crippen molar-refractivity contribution in [3.8, 4) is 0 Å². The highest BCUT2D eigenvalue weighted by molar-refractivity contribution is 5.93. The first kappa shape index (κ1) is 15.0. The summed E-state index contributed by atoms with van der Waals surface area (Å²) in [7, 11) is 0. The third-order valence-electron chi connectivity index (χ3n) is 3.73. The summed E-state index contributed by atoms with van der Waals surface area (Å²) < 4.78 is 26.3. The van der Waals surface area contributed by atoms with E-state index >= 15 is 0 Å². The van der Waals surface area contributed by atoms with Crippen LogP contribution in [0.2, 0.25) is 0 Å². The molecule has 2 rings (SSSR count). The maximum absolute atomic E-state index is 12.5. The number of carbonyl (C=O) groups is 1. The number of piperidine rings is 1. The molecular formula is C14H20F2N2O2. The summed E-state index contributed by atoms with van der Waals surface area (Å²) >= 11 is 0. The highest BCUT2D eigenvalue weighted by Crippen LogP contribution is 2.22. The maximum Gasteiger partial charge on any atom is 0.270 e. The monoisotopic (exact) mass is 286 g/mol. The topological polar surface area (TPSA) is 45.5 Å². The number of aliphatic hydroxyl groups is 1. The lowest BCUT2D eigenvalue weighted by Crippen LogP contribution is -2.44. The van der Waals surface area contributed by atoms with Crippen LogP contribution in [0.25, 0.3) is 0 Å². The molecule has 1 fully saturated rings. The fraction of sp³-hybridized carbons (Fsp3) is 0.643. The summed E-state index contributed by atoms with van der Waals surface area (Å²) in [5.74, 6) is -0.214. The van der Waals surface area contributed by atoms with Crippen molar-refractivity contribution in [2.45, 2.75) is 44.7 Å². The zero-order valence-electron chi connectivity index (χ0n) is 11.3. The number of hydrogen-bond donors (Lipinski definition) is 1. The minimum Gasteiger partial charge on any atom is -0.396 e. The number of alkyl halides is 2. The van der Waals surface area contributed by atoms with Gasteiger partial charge in [-0.3, -0.25) is 4.79 Å². The quantitative estimate of drug-likeness (QED) is 0.901. The lowest BCUT2D eigenvalue weighted by Gasteiger charge is -2.35. The molecule has 0 saturated carbocycles. The number of halogens is 2. The first-order valence-electron chi connectivity index (χ1n) is 6.98. The number of nitrogens with zero attached hydrogens (tertiary/aromatic N) is 2. The molecule has 0 radical (unpaired) electrons. The van der Waals surface area contributed by atoms with Crippen LogP contribution in [0.3, 0.4) is 0 Å². The normalized spacial score (nSPS) is 19.6. The van der Waals surface area contributed by atoms with Gasteiger partial charge in [0.15, 0.2) is 0 Å². The van der Waals surface area contributed by atoms with Crippen LogP contribution in [0.15, 0.2) is 18.3 Å². The van der Waals surface area contributed by atoms with Gasteiger partial charge in [-0.15, -0.1) is 0 Å². The number of aromatic nitrogens is 1. The number of likely N-dealkylation sites (tertiary alicyclic amines) is 1. The van der Waals surface area contributed by atoms with Crippen LogP contribution < -0.4 is 0 Å². The van der Waals surface area contributed by atoms with Gasteiger partial charge in [-0.2, -0.15) is 0 Å². The Hall–Kier alpha value is -1.43. The summed E-state index contributed by atoms with van der Waals surface area (Å²) in [5.41, 5.74) is 0.301. The van der Waals surface area contributed by atoms with Gasteiger partial charge in [0.05, 0.1) is 6.54 Å². The minimum atomic E-state index is -2.48. The summed E-state index contributed by atoms with van der Waals surface area (Å²) in [6, 6.07) is 3.20. The Morgan fingerprint density at radius 1 is 1.45 bits per heavy atom. The molecule has 1 saturated heterocycles. The molecule has 1 aliphatic heterocycles. The fourth-order valence-corrected chi connectivity index (χ4v) is 2.78. The molecule has 1 aromatic heterocycles. The van der Waals surface area contributed by atoms with E-state index in [1.807, 2.05) is 0 Å². The van der Waals surface area contributed by atoms with Crippen molar-refractivity contribution < 1.29 is 18.7 Å². The zero-order chi connectivity index (χ0) is 14.5. The average molecular weight is 286 g/mol. The van der Waals surface area contributed by atoms with Gasteiger partial charge in [-0.1, -0.05) is 0 Å². The largest absolute Gasteiger partial charge is 0.396 e. The van der Waals surface area contributed by atoms with E-state index in [9.17, 15) is 13.6 Å². The molecule has 4 nitrogen and oxygen atoms in total. The Kier molecular flexibility index (Phi) is 5.11. The second kappa shape index (κ2) is 6.83. The molecule has 1 N–H and O–H groups in total. The van der Waals surface area contributed by atoms with Gasteiger partial charge in [0.25, 0.3) is 12.3 Å². The molecule has 1 unspecified atom stereocenters. The zero-order valence-corrected chi connectivity index (χ0v) is 11.3. The molecule has 1 aliphatic rings. The molecule has 20 heavy (non-hydrogen) atoms. The Morgan fingerprint density at radius 2 is 2.25 bits per heavy atom. The molecular weight excluding hydrogens is 266 g/mol. The van der Waals surface area contributed by atoms with E-state index in [0.29, 0.717) is 18.7 Å². The smallest absolute Gasteiger partial charge is 0.270 e. The van der Waals surface area contributed by atoms with Crippen LogP contribution in [0.5, 0.6) is 0 Å². The molecule has 0 spiro atoms. The summed E-state index contributed by atoms with van der Waals surface area (Å²) in [4.78, 5) is 14.2. The number of amides is 1. The van der Waals surface area contributed by atoms with Crippen LogP contribution in [0, 0.1) is 0 Å². The molecule has 1 atom stereocenters. The number of carbonyl (C=O) groups excluding carboxylic acids is 1. The van der Waals surface area contributed by atoms with Gasteiger partial charge in [-0.05, 0) is 37.8 Å². The lowest BCUT2D eigenvalue weighted by molar-refractivity contribution is 0.0557. The SMILES string of the molecule is O=C(c1cccn1CC(F)F)N1CCCCC1CCO. The summed E-state index contributed by atoms with van der Waals surface area (Å²) in [6.45, 7) is 0.197. The van der Waals surface area contributed by atoms with Gasteiger partial charge in [0.2, 0.25) is 0 Å². The van der Waals surface area contributed by atoms with Crippen molar-refractivity contribution in [2.75, 3.05) is 13.2 Å². The molecule has 1 amide bonds. The standard InChI is InChI=1S/C14H20F2N2O2/c15-13(16)10-17-7-3-5-12(17)14(20)18-8-2-1-4-11(18)6-9-19/h3,5,7,11,13,19H,1-2,4,6,8-10H2. The van der Waals surface area contributed by atoms with Crippen LogP contribution >= 0.6 is 0 Å². The maximum atomic E-state index is 12.5.